The van der Waals surface area contributed by atoms with E-state index in [-0.39, 0.29) is 6.04 Å². The highest BCUT2D eigenvalue weighted by molar-refractivity contribution is 4.89. The second-order valence-electron chi connectivity index (χ2n) is 4.02. The second-order valence-corrected chi connectivity index (χ2v) is 4.02. The molecule has 0 radical (unpaired) electrons. The molecule has 1 N–H and O–H groups in total. The van der Waals surface area contributed by atoms with Crippen LogP contribution in [-0.2, 0) is 22.4 Å². The van der Waals surface area contributed by atoms with Crippen LogP contribution in [0.3, 0.4) is 0 Å². The molecular weight excluding hydrogens is 232 g/mol. The van der Waals surface area contributed by atoms with E-state index in [2.05, 4.69) is 29.2 Å². The minimum atomic E-state index is 0.265. The van der Waals surface area contributed by atoms with E-state index in [1.54, 1.807) is 13.4 Å². The van der Waals surface area contributed by atoms with E-state index >= 15 is 0 Å². The molecule has 0 aliphatic rings. The lowest BCUT2D eigenvalue weighted by molar-refractivity contribution is 0.0585. The van der Waals surface area contributed by atoms with Crippen molar-refractivity contribution in [1.82, 2.24) is 20.1 Å². The number of rotatable bonds is 10. The van der Waals surface area contributed by atoms with E-state index in [4.69, 9.17) is 9.47 Å². The Morgan fingerprint density at radius 3 is 2.89 bits per heavy atom. The van der Waals surface area contributed by atoms with Crippen molar-refractivity contribution < 1.29 is 9.47 Å². The van der Waals surface area contributed by atoms with Crippen LogP contribution in [0, 0.1) is 0 Å². The Labute approximate surface area is 109 Å². The molecule has 1 aromatic rings. The van der Waals surface area contributed by atoms with Crippen LogP contribution in [0.4, 0.5) is 0 Å². The van der Waals surface area contributed by atoms with Crippen molar-refractivity contribution in [2.24, 2.45) is 0 Å². The van der Waals surface area contributed by atoms with Crippen LogP contribution >= 0.6 is 0 Å². The monoisotopic (exact) mass is 256 g/mol. The Kier molecular flexibility index (Phi) is 7.55. The zero-order valence-corrected chi connectivity index (χ0v) is 11.6. The van der Waals surface area contributed by atoms with Crippen LogP contribution in [0.2, 0.25) is 0 Å². The van der Waals surface area contributed by atoms with Gasteiger partial charge in [-0.2, -0.15) is 5.10 Å². The maximum atomic E-state index is 5.57. The molecule has 0 saturated carbocycles. The molecule has 0 aromatic carbocycles. The van der Waals surface area contributed by atoms with Gasteiger partial charge in [-0.3, -0.25) is 4.68 Å². The number of nitrogens with one attached hydrogen (secondary N) is 1. The third kappa shape index (κ3) is 5.12. The van der Waals surface area contributed by atoms with E-state index in [0.717, 1.165) is 25.3 Å². The van der Waals surface area contributed by atoms with Crippen molar-refractivity contribution in [2.75, 3.05) is 33.5 Å². The molecule has 6 heteroatoms. The predicted octanol–water partition coefficient (Wildman–Crippen LogP) is 0.482. The number of hydrogen-bond donors (Lipinski definition) is 1. The first kappa shape index (κ1) is 15.1. The topological polar surface area (TPSA) is 61.2 Å². The van der Waals surface area contributed by atoms with Gasteiger partial charge >= 0.3 is 0 Å². The zero-order chi connectivity index (χ0) is 13.2. The lowest BCUT2D eigenvalue weighted by atomic mass is 10.2. The predicted molar refractivity (Wildman–Crippen MR) is 69.6 cm³/mol. The van der Waals surface area contributed by atoms with Gasteiger partial charge in [-0.25, -0.2) is 4.98 Å². The van der Waals surface area contributed by atoms with Crippen LogP contribution in [0.15, 0.2) is 6.33 Å². The number of likely N-dealkylation sites (N-methyl/N-ethyl adjacent to an activating group) is 1. The first-order valence-electron chi connectivity index (χ1n) is 6.48. The molecule has 0 aliphatic heterocycles. The Hall–Kier alpha value is -0.980. The number of aryl methyl sites for hydroxylation is 1. The summed E-state index contributed by atoms with van der Waals surface area (Å²) in [6, 6.07) is 0.265. The van der Waals surface area contributed by atoms with Crippen LogP contribution < -0.4 is 5.32 Å². The Balaban J connectivity index is 2.41. The molecule has 104 valence electrons. The van der Waals surface area contributed by atoms with Crippen LogP contribution in [0.25, 0.3) is 0 Å². The highest BCUT2D eigenvalue weighted by Crippen LogP contribution is 2.00. The first-order valence-corrected chi connectivity index (χ1v) is 6.48. The van der Waals surface area contributed by atoms with Gasteiger partial charge in [-0.1, -0.05) is 6.92 Å². The number of aromatic nitrogens is 3. The summed E-state index contributed by atoms with van der Waals surface area (Å²) < 4.78 is 12.4. The van der Waals surface area contributed by atoms with E-state index in [1.165, 1.54) is 0 Å². The molecule has 1 heterocycles. The van der Waals surface area contributed by atoms with E-state index in [1.807, 2.05) is 4.68 Å². The molecule has 0 spiro atoms. The van der Waals surface area contributed by atoms with Crippen molar-refractivity contribution in [3.8, 4) is 0 Å². The molecule has 1 unspecified atom stereocenters. The Bertz CT molecular complexity index is 317. The average Bonchev–Trinajstić information content (AvgIpc) is 2.82. The van der Waals surface area contributed by atoms with Crippen molar-refractivity contribution in [3.05, 3.63) is 12.2 Å². The number of methoxy groups -OCH3 is 1. The van der Waals surface area contributed by atoms with E-state index < -0.39 is 0 Å². The van der Waals surface area contributed by atoms with Crippen LogP contribution in [0.5, 0.6) is 0 Å². The van der Waals surface area contributed by atoms with Gasteiger partial charge in [-0.15, -0.1) is 0 Å². The van der Waals surface area contributed by atoms with Crippen molar-refractivity contribution in [3.63, 3.8) is 0 Å². The summed E-state index contributed by atoms with van der Waals surface area (Å²) in [5.41, 5.74) is 0. The fraction of sp³-hybridized carbons (Fsp3) is 0.833. The summed E-state index contributed by atoms with van der Waals surface area (Å²) >= 11 is 0. The summed E-state index contributed by atoms with van der Waals surface area (Å²) in [5, 5.41) is 7.58. The molecule has 0 bridgehead atoms. The van der Waals surface area contributed by atoms with Crippen molar-refractivity contribution in [1.29, 1.82) is 0 Å². The summed E-state index contributed by atoms with van der Waals surface area (Å²) in [6.07, 6.45) is 2.43. The zero-order valence-electron chi connectivity index (χ0n) is 11.6. The maximum absolute atomic E-state index is 5.57. The van der Waals surface area contributed by atoms with E-state index in [0.29, 0.717) is 19.8 Å². The molecule has 6 nitrogen and oxygen atoms in total. The highest BCUT2D eigenvalue weighted by atomic mass is 16.5. The minimum Gasteiger partial charge on any atom is -0.382 e. The lowest BCUT2D eigenvalue weighted by Gasteiger charge is -2.17. The molecule has 0 aliphatic carbocycles. The largest absolute Gasteiger partial charge is 0.382 e. The summed E-state index contributed by atoms with van der Waals surface area (Å²) in [4.78, 5) is 4.29. The quantitative estimate of drug-likeness (QED) is 0.617. The molecule has 1 atom stereocenters. The second kappa shape index (κ2) is 9.02. The van der Waals surface area contributed by atoms with Crippen LogP contribution in [0.1, 0.15) is 19.7 Å². The van der Waals surface area contributed by atoms with Gasteiger partial charge in [0.05, 0.1) is 19.8 Å². The van der Waals surface area contributed by atoms with Gasteiger partial charge in [0.2, 0.25) is 0 Å². The Morgan fingerprint density at radius 2 is 2.22 bits per heavy atom. The number of ether oxygens (including phenoxy) is 2. The molecule has 0 amide bonds. The van der Waals surface area contributed by atoms with Crippen molar-refractivity contribution >= 4 is 0 Å². The van der Waals surface area contributed by atoms with Crippen LogP contribution in [-0.4, -0.2) is 54.3 Å². The molecule has 1 aromatic heterocycles. The third-order valence-corrected chi connectivity index (χ3v) is 2.67. The standard InChI is InChI=1S/C12H24N4O2/c1-4-13-11(9-18-7-6-17-3)8-12-14-10-15-16(12)5-2/h10-11,13H,4-9H2,1-3H3. The van der Waals surface area contributed by atoms with Gasteiger partial charge in [0, 0.05) is 26.1 Å². The fourth-order valence-corrected chi connectivity index (χ4v) is 1.78. The Morgan fingerprint density at radius 1 is 1.39 bits per heavy atom. The molecule has 1 rings (SSSR count). The summed E-state index contributed by atoms with van der Waals surface area (Å²) in [5.74, 6) is 0.999. The SMILES string of the molecule is CCNC(COCCOC)Cc1ncnn1CC. The number of hydrogen-bond acceptors (Lipinski definition) is 5. The highest BCUT2D eigenvalue weighted by Gasteiger charge is 2.12. The lowest BCUT2D eigenvalue weighted by Crippen LogP contribution is -2.36. The minimum absolute atomic E-state index is 0.265. The van der Waals surface area contributed by atoms with Gasteiger partial charge in [0.1, 0.15) is 12.2 Å². The number of nitrogens with zero attached hydrogens (tertiary/aromatic N) is 3. The van der Waals surface area contributed by atoms with Gasteiger partial charge in [0.15, 0.2) is 0 Å². The third-order valence-electron chi connectivity index (χ3n) is 2.67. The summed E-state index contributed by atoms with van der Waals surface area (Å²) in [7, 11) is 1.68. The average molecular weight is 256 g/mol. The molecule has 0 saturated heterocycles. The smallest absolute Gasteiger partial charge is 0.138 e. The van der Waals surface area contributed by atoms with Gasteiger partial charge in [0.25, 0.3) is 0 Å². The first-order chi connectivity index (χ1) is 8.81. The summed E-state index contributed by atoms with van der Waals surface area (Å²) in [6.45, 7) is 7.83. The molecule has 18 heavy (non-hydrogen) atoms. The van der Waals surface area contributed by atoms with E-state index in [9.17, 15) is 0 Å². The maximum Gasteiger partial charge on any atom is 0.138 e. The van der Waals surface area contributed by atoms with Crippen molar-refractivity contribution in [2.45, 2.75) is 32.9 Å². The molecule has 0 fully saturated rings. The van der Waals surface area contributed by atoms with Gasteiger partial charge < -0.3 is 14.8 Å². The normalized spacial score (nSPS) is 12.8. The molecular formula is C12H24N4O2. The van der Waals surface area contributed by atoms with Gasteiger partial charge in [-0.05, 0) is 13.5 Å². The fourth-order valence-electron chi connectivity index (χ4n) is 1.78.